The molecule has 1 aromatic carbocycles. The Balaban J connectivity index is 2.25. The highest BCUT2D eigenvalue weighted by Gasteiger charge is 2.20. The SMILES string of the molecule is Cc1ccc(S(=O)(=O)n2ccc3c(Br)c(C)ncc32)cc1. The number of nitrogens with zero attached hydrogens (tertiary/aromatic N) is 2. The molecule has 2 aromatic heterocycles. The lowest BCUT2D eigenvalue weighted by Crippen LogP contribution is -2.11. The van der Waals surface area contributed by atoms with E-state index in [-0.39, 0.29) is 4.90 Å². The number of halogens is 1. The molecular weight excluding hydrogens is 352 g/mol. The molecule has 0 saturated carbocycles. The van der Waals surface area contributed by atoms with Crippen LogP contribution in [0.25, 0.3) is 10.9 Å². The van der Waals surface area contributed by atoms with Crippen molar-refractivity contribution >= 4 is 36.9 Å². The zero-order chi connectivity index (χ0) is 15.2. The zero-order valence-corrected chi connectivity index (χ0v) is 13.9. The Labute approximate surface area is 131 Å². The van der Waals surface area contributed by atoms with E-state index in [4.69, 9.17) is 0 Å². The van der Waals surface area contributed by atoms with Gasteiger partial charge in [-0.3, -0.25) is 4.98 Å². The first kappa shape index (κ1) is 14.3. The molecule has 0 aliphatic carbocycles. The molecule has 0 N–H and O–H groups in total. The molecule has 0 saturated heterocycles. The lowest BCUT2D eigenvalue weighted by molar-refractivity contribution is 0.589. The van der Waals surface area contributed by atoms with E-state index >= 15 is 0 Å². The number of aromatic nitrogens is 2. The van der Waals surface area contributed by atoms with E-state index in [0.717, 1.165) is 21.1 Å². The van der Waals surface area contributed by atoms with Crippen LogP contribution < -0.4 is 0 Å². The second-order valence-corrected chi connectivity index (χ2v) is 7.49. The standard InChI is InChI=1S/C15H13BrN2O2S/c1-10-3-5-12(6-4-10)21(19,20)18-8-7-13-14(18)9-17-11(2)15(13)16/h3-9H,1-2H3. The third-order valence-electron chi connectivity index (χ3n) is 3.40. The fraction of sp³-hybridized carbons (Fsp3) is 0.133. The molecule has 6 heteroatoms. The van der Waals surface area contributed by atoms with Gasteiger partial charge >= 0.3 is 0 Å². The van der Waals surface area contributed by atoms with Gasteiger partial charge in [0.15, 0.2) is 0 Å². The van der Waals surface area contributed by atoms with E-state index in [9.17, 15) is 8.42 Å². The number of rotatable bonds is 2. The molecule has 0 atom stereocenters. The van der Waals surface area contributed by atoms with E-state index in [1.165, 1.54) is 3.97 Å². The summed E-state index contributed by atoms with van der Waals surface area (Å²) in [5.41, 5.74) is 2.41. The molecule has 3 aromatic rings. The molecule has 0 fully saturated rings. The Hall–Kier alpha value is -1.66. The van der Waals surface area contributed by atoms with Crippen LogP contribution in [0.1, 0.15) is 11.3 Å². The molecule has 0 aliphatic rings. The molecule has 3 rings (SSSR count). The quantitative estimate of drug-likeness (QED) is 0.697. The molecule has 0 amide bonds. The highest BCUT2D eigenvalue weighted by Crippen LogP contribution is 2.29. The highest BCUT2D eigenvalue weighted by molar-refractivity contribution is 9.10. The summed E-state index contributed by atoms with van der Waals surface area (Å²) in [6.07, 6.45) is 3.15. The lowest BCUT2D eigenvalue weighted by atomic mass is 10.2. The van der Waals surface area contributed by atoms with Crippen LogP contribution in [-0.4, -0.2) is 17.4 Å². The molecule has 4 nitrogen and oxygen atoms in total. The van der Waals surface area contributed by atoms with Crippen LogP contribution in [0.15, 0.2) is 52.1 Å². The zero-order valence-electron chi connectivity index (χ0n) is 11.5. The predicted octanol–water partition coefficient (Wildman–Crippen LogP) is 3.65. The first-order valence-corrected chi connectivity index (χ1v) is 8.59. The van der Waals surface area contributed by atoms with Crippen LogP contribution in [0.2, 0.25) is 0 Å². The van der Waals surface area contributed by atoms with Gasteiger partial charge in [0, 0.05) is 16.1 Å². The van der Waals surface area contributed by atoms with Gasteiger partial charge in [0.2, 0.25) is 0 Å². The fourth-order valence-electron chi connectivity index (χ4n) is 2.18. The van der Waals surface area contributed by atoms with E-state index in [1.54, 1.807) is 42.7 Å². The van der Waals surface area contributed by atoms with Crippen molar-refractivity contribution < 1.29 is 8.42 Å². The van der Waals surface area contributed by atoms with E-state index in [2.05, 4.69) is 20.9 Å². The fourth-order valence-corrected chi connectivity index (χ4v) is 3.95. The molecule has 0 radical (unpaired) electrons. The van der Waals surface area contributed by atoms with Crippen molar-refractivity contribution in [1.29, 1.82) is 0 Å². The minimum Gasteiger partial charge on any atom is -0.258 e. The van der Waals surface area contributed by atoms with Gasteiger partial charge in [0.1, 0.15) is 0 Å². The highest BCUT2D eigenvalue weighted by atomic mass is 79.9. The summed E-state index contributed by atoms with van der Waals surface area (Å²) >= 11 is 3.46. The van der Waals surface area contributed by atoms with Crippen LogP contribution in [0.5, 0.6) is 0 Å². The van der Waals surface area contributed by atoms with Gasteiger partial charge in [0.25, 0.3) is 10.0 Å². The largest absolute Gasteiger partial charge is 0.268 e. The number of hydrogen-bond donors (Lipinski definition) is 0. The van der Waals surface area contributed by atoms with Crippen LogP contribution >= 0.6 is 15.9 Å². The van der Waals surface area contributed by atoms with Gasteiger partial charge in [-0.25, -0.2) is 12.4 Å². The van der Waals surface area contributed by atoms with E-state index in [1.807, 2.05) is 13.8 Å². The maximum atomic E-state index is 12.7. The Kier molecular flexibility index (Phi) is 3.37. The Morgan fingerprint density at radius 1 is 1.10 bits per heavy atom. The van der Waals surface area contributed by atoms with Gasteiger partial charge in [-0.1, -0.05) is 17.7 Å². The third kappa shape index (κ3) is 2.28. The first-order valence-electron chi connectivity index (χ1n) is 6.35. The summed E-state index contributed by atoms with van der Waals surface area (Å²) in [4.78, 5) is 4.49. The van der Waals surface area contributed by atoms with Crippen molar-refractivity contribution in [3.05, 3.63) is 58.5 Å². The van der Waals surface area contributed by atoms with Crippen LogP contribution in [0.4, 0.5) is 0 Å². The summed E-state index contributed by atoms with van der Waals surface area (Å²) in [7, 11) is -3.61. The van der Waals surface area contributed by atoms with Crippen LogP contribution in [0, 0.1) is 13.8 Å². The second-order valence-electron chi connectivity index (χ2n) is 4.89. The molecule has 0 unspecified atom stereocenters. The number of fused-ring (bicyclic) bond motifs is 1. The maximum absolute atomic E-state index is 12.7. The summed E-state index contributed by atoms with van der Waals surface area (Å²) in [5.74, 6) is 0. The van der Waals surface area contributed by atoms with E-state index in [0.29, 0.717) is 5.52 Å². The predicted molar refractivity (Wildman–Crippen MR) is 85.9 cm³/mol. The van der Waals surface area contributed by atoms with Gasteiger partial charge in [-0.15, -0.1) is 0 Å². The number of aryl methyl sites for hydroxylation is 2. The average molecular weight is 365 g/mol. The molecule has 0 bridgehead atoms. The topological polar surface area (TPSA) is 52.0 Å². The van der Waals surface area contributed by atoms with Crippen molar-refractivity contribution in [1.82, 2.24) is 8.96 Å². The molecule has 2 heterocycles. The minimum absolute atomic E-state index is 0.266. The van der Waals surface area contributed by atoms with Crippen molar-refractivity contribution in [3.8, 4) is 0 Å². The van der Waals surface area contributed by atoms with Gasteiger partial charge in [-0.2, -0.15) is 0 Å². The summed E-state index contributed by atoms with van der Waals surface area (Å²) in [6, 6.07) is 8.59. The summed E-state index contributed by atoms with van der Waals surface area (Å²) in [5, 5.41) is 0.832. The smallest absolute Gasteiger partial charge is 0.258 e. The van der Waals surface area contributed by atoms with Gasteiger partial charge < -0.3 is 0 Å². The van der Waals surface area contributed by atoms with Gasteiger partial charge in [-0.05, 0) is 48.0 Å². The van der Waals surface area contributed by atoms with Crippen LogP contribution in [0.3, 0.4) is 0 Å². The minimum atomic E-state index is -3.61. The van der Waals surface area contributed by atoms with Crippen molar-refractivity contribution in [3.63, 3.8) is 0 Å². The average Bonchev–Trinajstić information content (AvgIpc) is 2.89. The van der Waals surface area contributed by atoms with Gasteiger partial charge in [0.05, 0.1) is 22.3 Å². The molecule has 21 heavy (non-hydrogen) atoms. The van der Waals surface area contributed by atoms with Crippen molar-refractivity contribution in [2.24, 2.45) is 0 Å². The third-order valence-corrected chi connectivity index (χ3v) is 6.11. The van der Waals surface area contributed by atoms with Crippen molar-refractivity contribution in [2.75, 3.05) is 0 Å². The number of hydrogen-bond acceptors (Lipinski definition) is 3. The summed E-state index contributed by atoms with van der Waals surface area (Å²) < 4.78 is 27.6. The normalized spacial score (nSPS) is 12.0. The van der Waals surface area contributed by atoms with Crippen LogP contribution in [-0.2, 0) is 10.0 Å². The Morgan fingerprint density at radius 2 is 1.76 bits per heavy atom. The number of pyridine rings is 1. The maximum Gasteiger partial charge on any atom is 0.268 e. The molecule has 0 spiro atoms. The van der Waals surface area contributed by atoms with E-state index < -0.39 is 10.0 Å². The number of benzene rings is 1. The molecule has 108 valence electrons. The molecule has 0 aliphatic heterocycles. The second kappa shape index (κ2) is 4.96. The first-order chi connectivity index (χ1) is 9.91. The molecular formula is C15H13BrN2O2S. The Bertz CT molecular complexity index is 928. The summed E-state index contributed by atoms with van der Waals surface area (Å²) in [6.45, 7) is 3.79. The monoisotopic (exact) mass is 364 g/mol. The Morgan fingerprint density at radius 3 is 2.43 bits per heavy atom. The lowest BCUT2D eigenvalue weighted by Gasteiger charge is -2.08. The van der Waals surface area contributed by atoms with Crippen molar-refractivity contribution in [2.45, 2.75) is 18.7 Å².